The highest BCUT2D eigenvalue weighted by atomic mass is 16.5. The van der Waals surface area contributed by atoms with Crippen LogP contribution in [0.15, 0.2) is 33.9 Å². The molecule has 0 bridgehead atoms. The Bertz CT molecular complexity index is 1140. The molecule has 0 fully saturated rings. The van der Waals surface area contributed by atoms with Gasteiger partial charge >= 0.3 is 5.69 Å². The highest BCUT2D eigenvalue weighted by Gasteiger charge is 2.25. The largest absolute Gasteiger partial charge is 0.494 e. The van der Waals surface area contributed by atoms with Crippen molar-refractivity contribution in [2.45, 2.75) is 46.2 Å². The van der Waals surface area contributed by atoms with Crippen molar-refractivity contribution >= 4 is 22.8 Å². The SMILES string of the molecule is CCCn1c(=O)c2c(nc3n2CCCCN3c2ccc(OCC)cc2)n(C)c1=O. The van der Waals surface area contributed by atoms with E-state index in [1.54, 1.807) is 7.05 Å². The summed E-state index contributed by atoms with van der Waals surface area (Å²) < 4.78 is 10.3. The maximum absolute atomic E-state index is 13.2. The average molecular weight is 397 g/mol. The van der Waals surface area contributed by atoms with Gasteiger partial charge in [0.2, 0.25) is 5.95 Å². The van der Waals surface area contributed by atoms with E-state index in [0.717, 1.165) is 37.2 Å². The summed E-state index contributed by atoms with van der Waals surface area (Å²) in [5.74, 6) is 1.53. The third kappa shape index (κ3) is 3.22. The Morgan fingerprint density at radius 2 is 1.79 bits per heavy atom. The van der Waals surface area contributed by atoms with E-state index in [0.29, 0.717) is 36.8 Å². The highest BCUT2D eigenvalue weighted by Crippen LogP contribution is 2.31. The van der Waals surface area contributed by atoms with Crippen LogP contribution >= 0.6 is 0 Å². The molecule has 0 spiro atoms. The zero-order chi connectivity index (χ0) is 20.5. The maximum Gasteiger partial charge on any atom is 0.332 e. The van der Waals surface area contributed by atoms with Crippen LogP contribution in [-0.4, -0.2) is 31.8 Å². The third-order valence-corrected chi connectivity index (χ3v) is 5.37. The van der Waals surface area contributed by atoms with Gasteiger partial charge in [0, 0.05) is 32.4 Å². The predicted molar refractivity (Wildman–Crippen MR) is 113 cm³/mol. The quantitative estimate of drug-likeness (QED) is 0.662. The zero-order valence-corrected chi connectivity index (χ0v) is 17.2. The molecule has 29 heavy (non-hydrogen) atoms. The van der Waals surface area contributed by atoms with E-state index in [9.17, 15) is 9.59 Å². The summed E-state index contributed by atoms with van der Waals surface area (Å²) in [4.78, 5) is 32.7. The number of anilines is 2. The molecule has 0 unspecified atom stereocenters. The molecule has 0 saturated carbocycles. The normalized spacial score (nSPS) is 14.1. The molecule has 154 valence electrons. The topological polar surface area (TPSA) is 74.3 Å². The lowest BCUT2D eigenvalue weighted by molar-refractivity contribution is 0.340. The molecule has 1 aliphatic heterocycles. The Hall–Kier alpha value is -3.03. The second kappa shape index (κ2) is 7.77. The van der Waals surface area contributed by atoms with E-state index in [1.165, 1.54) is 9.13 Å². The number of hydrogen-bond acceptors (Lipinski definition) is 5. The molecule has 0 atom stereocenters. The van der Waals surface area contributed by atoms with E-state index in [-0.39, 0.29) is 11.2 Å². The van der Waals surface area contributed by atoms with Crippen LogP contribution in [0.3, 0.4) is 0 Å². The van der Waals surface area contributed by atoms with Crippen molar-refractivity contribution in [1.82, 2.24) is 18.7 Å². The number of ether oxygens (including phenoxy) is 1. The van der Waals surface area contributed by atoms with Crippen LogP contribution in [0.1, 0.15) is 33.1 Å². The van der Waals surface area contributed by atoms with Crippen LogP contribution in [0, 0.1) is 0 Å². The number of aromatic nitrogens is 4. The van der Waals surface area contributed by atoms with Gasteiger partial charge in [-0.2, -0.15) is 4.98 Å². The van der Waals surface area contributed by atoms with Crippen molar-refractivity contribution in [2.24, 2.45) is 7.05 Å². The first-order valence-electron chi connectivity index (χ1n) is 10.3. The van der Waals surface area contributed by atoms with Gasteiger partial charge in [-0.1, -0.05) is 6.92 Å². The van der Waals surface area contributed by atoms with Crippen molar-refractivity contribution in [3.63, 3.8) is 0 Å². The van der Waals surface area contributed by atoms with Gasteiger partial charge in [-0.15, -0.1) is 0 Å². The molecule has 0 radical (unpaired) electrons. The molecule has 1 aromatic carbocycles. The van der Waals surface area contributed by atoms with Gasteiger partial charge in [0.05, 0.1) is 6.61 Å². The fourth-order valence-corrected chi connectivity index (χ4v) is 3.97. The molecule has 0 amide bonds. The molecule has 0 saturated heterocycles. The average Bonchev–Trinajstić information content (AvgIpc) is 2.98. The van der Waals surface area contributed by atoms with E-state index >= 15 is 0 Å². The first-order valence-corrected chi connectivity index (χ1v) is 10.3. The lowest BCUT2D eigenvalue weighted by atomic mass is 10.2. The number of rotatable bonds is 5. The molecule has 1 aliphatic rings. The molecule has 3 heterocycles. The van der Waals surface area contributed by atoms with Crippen molar-refractivity contribution in [3.05, 3.63) is 45.1 Å². The van der Waals surface area contributed by atoms with Gasteiger partial charge in [-0.25, -0.2) is 4.79 Å². The summed E-state index contributed by atoms with van der Waals surface area (Å²) >= 11 is 0. The summed E-state index contributed by atoms with van der Waals surface area (Å²) in [6.07, 6.45) is 2.66. The lowest BCUT2D eigenvalue weighted by Crippen LogP contribution is -2.39. The Labute approximate surface area is 169 Å². The third-order valence-electron chi connectivity index (χ3n) is 5.37. The number of hydrogen-bond donors (Lipinski definition) is 0. The summed E-state index contributed by atoms with van der Waals surface area (Å²) in [6, 6.07) is 7.91. The number of fused-ring (bicyclic) bond motifs is 3. The van der Waals surface area contributed by atoms with Gasteiger partial charge in [-0.3, -0.25) is 13.9 Å². The van der Waals surface area contributed by atoms with Gasteiger partial charge in [0.25, 0.3) is 5.56 Å². The molecule has 8 nitrogen and oxygen atoms in total. The number of imidazole rings is 1. The Balaban J connectivity index is 1.90. The minimum Gasteiger partial charge on any atom is -0.494 e. The Morgan fingerprint density at radius 1 is 1.07 bits per heavy atom. The highest BCUT2D eigenvalue weighted by molar-refractivity contribution is 5.76. The monoisotopic (exact) mass is 397 g/mol. The number of nitrogens with zero attached hydrogens (tertiary/aromatic N) is 5. The lowest BCUT2D eigenvalue weighted by Gasteiger charge is -2.22. The van der Waals surface area contributed by atoms with Gasteiger partial charge in [-0.05, 0) is 50.5 Å². The molecule has 4 rings (SSSR count). The van der Waals surface area contributed by atoms with Crippen molar-refractivity contribution < 1.29 is 4.74 Å². The first kappa shape index (κ1) is 19.3. The number of aryl methyl sites for hydroxylation is 2. The molecular formula is C21H27N5O3. The maximum atomic E-state index is 13.2. The van der Waals surface area contributed by atoms with Crippen LogP contribution in [0.4, 0.5) is 11.6 Å². The second-order valence-corrected chi connectivity index (χ2v) is 7.32. The zero-order valence-electron chi connectivity index (χ0n) is 17.2. The Kier molecular flexibility index (Phi) is 5.17. The Morgan fingerprint density at radius 3 is 2.48 bits per heavy atom. The molecule has 0 N–H and O–H groups in total. The first-order chi connectivity index (χ1) is 14.1. The van der Waals surface area contributed by atoms with Crippen LogP contribution in [0.2, 0.25) is 0 Å². The number of benzene rings is 1. The minimum atomic E-state index is -0.315. The van der Waals surface area contributed by atoms with Crippen molar-refractivity contribution in [2.75, 3.05) is 18.1 Å². The van der Waals surface area contributed by atoms with Gasteiger partial charge in [0.15, 0.2) is 11.2 Å². The molecule has 0 aliphatic carbocycles. The van der Waals surface area contributed by atoms with Crippen molar-refractivity contribution in [1.29, 1.82) is 0 Å². The summed E-state index contributed by atoms with van der Waals surface area (Å²) in [6.45, 7) is 6.45. The summed E-state index contributed by atoms with van der Waals surface area (Å²) in [7, 11) is 1.68. The van der Waals surface area contributed by atoms with E-state index < -0.39 is 0 Å². The standard InChI is InChI=1S/C21H27N5O3/c1-4-12-26-19(27)17-18(23(3)21(26)28)22-20-24(13-6-7-14-25(17)20)15-8-10-16(11-9-15)29-5-2/h8-11H,4-7,12-14H2,1-3H3. The van der Waals surface area contributed by atoms with E-state index in [2.05, 4.69) is 4.90 Å². The summed E-state index contributed by atoms with van der Waals surface area (Å²) in [5, 5.41) is 0. The van der Waals surface area contributed by atoms with Crippen molar-refractivity contribution in [3.8, 4) is 5.75 Å². The van der Waals surface area contributed by atoms with Crippen LogP contribution in [0.5, 0.6) is 5.75 Å². The fourth-order valence-electron chi connectivity index (χ4n) is 3.97. The van der Waals surface area contributed by atoms with Crippen LogP contribution in [-0.2, 0) is 20.1 Å². The van der Waals surface area contributed by atoms with Crippen LogP contribution in [0.25, 0.3) is 11.2 Å². The molecular weight excluding hydrogens is 370 g/mol. The smallest absolute Gasteiger partial charge is 0.332 e. The van der Waals surface area contributed by atoms with Gasteiger partial charge < -0.3 is 14.2 Å². The molecule has 3 aromatic rings. The fraction of sp³-hybridized carbons (Fsp3) is 0.476. The van der Waals surface area contributed by atoms with Crippen LogP contribution < -0.4 is 20.9 Å². The molecule has 8 heteroatoms. The van der Waals surface area contributed by atoms with Gasteiger partial charge in [0.1, 0.15) is 5.75 Å². The van der Waals surface area contributed by atoms with E-state index in [1.807, 2.05) is 42.7 Å². The summed E-state index contributed by atoms with van der Waals surface area (Å²) in [5.41, 5.74) is 1.38. The minimum absolute atomic E-state index is 0.253. The predicted octanol–water partition coefficient (Wildman–Crippen LogP) is 2.64. The molecule has 2 aromatic heterocycles. The second-order valence-electron chi connectivity index (χ2n) is 7.32. The van der Waals surface area contributed by atoms with E-state index in [4.69, 9.17) is 9.72 Å².